The van der Waals surface area contributed by atoms with Gasteiger partial charge < -0.3 is 19.5 Å². The number of rotatable bonds is 9. The highest BCUT2D eigenvalue weighted by Crippen LogP contribution is 2.03. The van der Waals surface area contributed by atoms with E-state index in [-0.39, 0.29) is 12.5 Å². The summed E-state index contributed by atoms with van der Waals surface area (Å²) in [4.78, 5) is 10.9. The van der Waals surface area contributed by atoms with Gasteiger partial charge in [0.1, 0.15) is 12.6 Å². The highest BCUT2D eigenvalue weighted by molar-refractivity contribution is 7.85. The molecule has 0 rings (SSSR count). The highest BCUT2D eigenvalue weighted by Gasteiger charge is 2.21. The summed E-state index contributed by atoms with van der Waals surface area (Å²) in [6, 6.07) is 0. The van der Waals surface area contributed by atoms with Gasteiger partial charge in [-0.3, -0.25) is 4.79 Å². The Balaban J connectivity index is 4.04. The number of nitrogens with one attached hydrogen (secondary N) is 1. The van der Waals surface area contributed by atoms with Crippen molar-refractivity contribution in [1.82, 2.24) is 5.32 Å². The number of likely N-dealkylation sites (N-methyl/N-ethyl adjacent to an activating group) is 1. The Hall–Kier alpha value is -0.960. The van der Waals surface area contributed by atoms with Crippen molar-refractivity contribution >= 4 is 16.0 Å². The third-order valence-corrected chi connectivity index (χ3v) is 3.32. The second-order valence-electron chi connectivity index (χ2n) is 5.07. The highest BCUT2D eigenvalue weighted by atomic mass is 32.2. The number of nitrogens with zero attached hydrogens (tertiary/aromatic N) is 1. The van der Waals surface area contributed by atoms with E-state index in [1.807, 2.05) is 14.1 Å². The topological polar surface area (TPSA) is 107 Å². The van der Waals surface area contributed by atoms with E-state index in [0.29, 0.717) is 24.0 Å². The monoisotopic (exact) mass is 294 g/mol. The van der Waals surface area contributed by atoms with Crippen LogP contribution in [0.1, 0.15) is 6.42 Å². The normalized spacial score (nSPS) is 13.9. The van der Waals surface area contributed by atoms with Gasteiger partial charge in [-0.05, 0) is 6.08 Å². The molecule has 0 aromatic heterocycles. The Morgan fingerprint density at radius 3 is 2.58 bits per heavy atom. The minimum atomic E-state index is -4.41. The lowest BCUT2D eigenvalue weighted by Gasteiger charge is -2.32. The van der Waals surface area contributed by atoms with Crippen LogP contribution in [-0.2, 0) is 14.9 Å². The maximum Gasteiger partial charge on any atom is 0.243 e. The lowest BCUT2D eigenvalue weighted by molar-refractivity contribution is -0.893. The fourth-order valence-electron chi connectivity index (χ4n) is 1.74. The lowest BCUT2D eigenvalue weighted by Crippen LogP contribution is -2.48. The van der Waals surface area contributed by atoms with E-state index in [4.69, 9.17) is 0 Å². The summed E-state index contributed by atoms with van der Waals surface area (Å²) < 4.78 is 31.9. The first-order valence-electron chi connectivity index (χ1n) is 5.89. The minimum absolute atomic E-state index is 0.164. The van der Waals surface area contributed by atoms with Gasteiger partial charge in [0.2, 0.25) is 5.91 Å². The van der Waals surface area contributed by atoms with E-state index in [0.717, 1.165) is 0 Å². The van der Waals surface area contributed by atoms with Gasteiger partial charge in [-0.15, -0.1) is 0 Å². The molecule has 0 heterocycles. The van der Waals surface area contributed by atoms with Crippen LogP contribution in [0.4, 0.5) is 0 Å². The van der Waals surface area contributed by atoms with E-state index in [1.54, 1.807) is 0 Å². The molecule has 0 aliphatic heterocycles. The molecule has 0 bridgehead atoms. The standard InChI is InChI=1S/C11H22N2O5S/c1-4-11(15)12-6-5-7-13(2,3)8-10(14)9-19(16,17)18/h4,10,14H,1,5-9H2,2-3H3,(H-,12,15,16,17,18)/t10-/m0/s1. The zero-order valence-corrected chi connectivity index (χ0v) is 12.1. The van der Waals surface area contributed by atoms with Gasteiger partial charge in [-0.1, -0.05) is 6.58 Å². The average molecular weight is 294 g/mol. The van der Waals surface area contributed by atoms with Crippen LogP contribution in [0.2, 0.25) is 0 Å². The molecule has 8 heteroatoms. The molecular weight excluding hydrogens is 272 g/mol. The molecule has 0 unspecified atom stereocenters. The second kappa shape index (κ2) is 7.59. The van der Waals surface area contributed by atoms with Crippen molar-refractivity contribution in [3.63, 3.8) is 0 Å². The molecule has 112 valence electrons. The molecule has 0 fully saturated rings. The Morgan fingerprint density at radius 1 is 1.53 bits per heavy atom. The van der Waals surface area contributed by atoms with Crippen molar-refractivity contribution < 1.29 is 27.4 Å². The Labute approximate surface area is 114 Å². The quantitative estimate of drug-likeness (QED) is 0.237. The van der Waals surface area contributed by atoms with Crippen LogP contribution >= 0.6 is 0 Å². The van der Waals surface area contributed by atoms with Gasteiger partial charge in [0.25, 0.3) is 0 Å². The summed E-state index contributed by atoms with van der Waals surface area (Å²) in [5.74, 6) is -1.02. The van der Waals surface area contributed by atoms with Gasteiger partial charge >= 0.3 is 0 Å². The zero-order valence-electron chi connectivity index (χ0n) is 11.3. The molecule has 0 aromatic carbocycles. The molecule has 19 heavy (non-hydrogen) atoms. The lowest BCUT2D eigenvalue weighted by atomic mass is 10.3. The van der Waals surface area contributed by atoms with E-state index in [2.05, 4.69) is 11.9 Å². The van der Waals surface area contributed by atoms with Crippen molar-refractivity contribution in [2.75, 3.05) is 39.5 Å². The molecular formula is C11H22N2O5S. The molecule has 1 atom stereocenters. The molecule has 0 aliphatic carbocycles. The zero-order chi connectivity index (χ0) is 15.1. The maximum absolute atomic E-state index is 10.9. The van der Waals surface area contributed by atoms with Crippen molar-refractivity contribution in [3.05, 3.63) is 12.7 Å². The molecule has 0 spiro atoms. The predicted molar refractivity (Wildman–Crippen MR) is 70.2 cm³/mol. The third-order valence-electron chi connectivity index (χ3n) is 2.53. The first-order chi connectivity index (χ1) is 8.56. The van der Waals surface area contributed by atoms with Crippen LogP contribution in [-0.4, -0.2) is 74.1 Å². The molecule has 7 nitrogen and oxygen atoms in total. The number of aliphatic hydroxyl groups excluding tert-OH is 1. The van der Waals surface area contributed by atoms with Crippen LogP contribution in [0.15, 0.2) is 12.7 Å². The average Bonchev–Trinajstić information content (AvgIpc) is 2.20. The third kappa shape index (κ3) is 10.6. The number of carbonyl (C=O) groups excluding carboxylic acids is 1. The van der Waals surface area contributed by atoms with Crippen LogP contribution in [0.25, 0.3) is 0 Å². The van der Waals surface area contributed by atoms with Crippen molar-refractivity contribution in [3.8, 4) is 0 Å². The molecule has 0 aromatic rings. The molecule has 0 aliphatic rings. The summed E-state index contributed by atoms with van der Waals surface area (Å²) in [5, 5.41) is 12.1. The maximum atomic E-state index is 10.9. The van der Waals surface area contributed by atoms with E-state index in [9.17, 15) is 22.9 Å². The number of amides is 1. The van der Waals surface area contributed by atoms with Crippen LogP contribution < -0.4 is 5.32 Å². The number of quaternary nitrogens is 1. The van der Waals surface area contributed by atoms with Crippen molar-refractivity contribution in [1.29, 1.82) is 0 Å². The van der Waals surface area contributed by atoms with Crippen LogP contribution in [0, 0.1) is 0 Å². The summed E-state index contributed by atoms with van der Waals surface area (Å²) in [5.41, 5.74) is 0. The van der Waals surface area contributed by atoms with Gasteiger partial charge in [-0.25, -0.2) is 8.42 Å². The molecule has 2 N–H and O–H groups in total. The van der Waals surface area contributed by atoms with E-state index >= 15 is 0 Å². The Bertz CT molecular complexity index is 405. The number of carbonyl (C=O) groups is 1. The number of hydrogen-bond donors (Lipinski definition) is 2. The van der Waals surface area contributed by atoms with E-state index in [1.165, 1.54) is 6.08 Å². The van der Waals surface area contributed by atoms with Crippen LogP contribution in [0.5, 0.6) is 0 Å². The fourth-order valence-corrected chi connectivity index (χ4v) is 2.32. The largest absolute Gasteiger partial charge is 0.748 e. The predicted octanol–water partition coefficient (Wildman–Crippen LogP) is -1.34. The number of hydrogen-bond acceptors (Lipinski definition) is 5. The SMILES string of the molecule is C=CC(=O)NCCC[N+](C)(C)C[C@H](O)CS(=O)(=O)[O-]. The molecule has 0 radical (unpaired) electrons. The molecule has 0 saturated carbocycles. The summed E-state index contributed by atoms with van der Waals surface area (Å²) in [6.07, 6.45) is 0.673. The first kappa shape index (κ1) is 18.0. The summed E-state index contributed by atoms with van der Waals surface area (Å²) >= 11 is 0. The number of aliphatic hydroxyl groups is 1. The van der Waals surface area contributed by atoms with Gasteiger partial charge in [0.05, 0.1) is 36.5 Å². The van der Waals surface area contributed by atoms with Gasteiger partial charge in [0.15, 0.2) is 0 Å². The smallest absolute Gasteiger partial charge is 0.243 e. The Morgan fingerprint density at radius 2 is 2.11 bits per heavy atom. The molecule has 0 saturated heterocycles. The summed E-state index contributed by atoms with van der Waals surface area (Å²) in [7, 11) is -0.783. The van der Waals surface area contributed by atoms with Gasteiger partial charge in [-0.2, -0.15) is 0 Å². The van der Waals surface area contributed by atoms with E-state index < -0.39 is 22.0 Å². The Kier molecular flexibility index (Phi) is 7.20. The van der Waals surface area contributed by atoms with Crippen LogP contribution in [0.3, 0.4) is 0 Å². The fraction of sp³-hybridized carbons (Fsp3) is 0.727. The minimum Gasteiger partial charge on any atom is -0.748 e. The van der Waals surface area contributed by atoms with Crippen molar-refractivity contribution in [2.45, 2.75) is 12.5 Å². The molecule has 1 amide bonds. The first-order valence-corrected chi connectivity index (χ1v) is 7.47. The van der Waals surface area contributed by atoms with Crippen molar-refractivity contribution in [2.24, 2.45) is 0 Å². The summed E-state index contributed by atoms with van der Waals surface area (Å²) in [6.45, 7) is 4.60. The second-order valence-corrected chi connectivity index (χ2v) is 6.52. The van der Waals surface area contributed by atoms with Gasteiger partial charge in [0, 0.05) is 13.0 Å².